The Morgan fingerprint density at radius 3 is 2.50 bits per heavy atom. The Morgan fingerprint density at radius 1 is 1.33 bits per heavy atom. The average molecular weight is 161 g/mol. The van der Waals surface area contributed by atoms with Gasteiger partial charge in [-0.1, -0.05) is 30.3 Å². The van der Waals surface area contributed by atoms with Crippen molar-refractivity contribution < 1.29 is 5.11 Å². The van der Waals surface area contributed by atoms with Crippen molar-refractivity contribution in [1.29, 1.82) is 0 Å². The average Bonchev–Trinajstić information content (AvgIpc) is 2.15. The van der Waals surface area contributed by atoms with E-state index in [1.807, 2.05) is 30.3 Å². The van der Waals surface area contributed by atoms with Crippen LogP contribution >= 0.6 is 0 Å². The highest BCUT2D eigenvalue weighted by atomic mass is 16.3. The summed E-state index contributed by atoms with van der Waals surface area (Å²) in [6.45, 7) is 6.99. The second kappa shape index (κ2) is 4.53. The van der Waals surface area contributed by atoms with E-state index in [1.165, 1.54) is 0 Å². The van der Waals surface area contributed by atoms with Gasteiger partial charge in [0.15, 0.2) is 0 Å². The lowest BCUT2D eigenvalue weighted by Crippen LogP contribution is -1.95. The molecule has 0 bridgehead atoms. The molecule has 1 rings (SSSR count). The summed E-state index contributed by atoms with van der Waals surface area (Å²) in [4.78, 5) is 3.44. The Balaban J connectivity index is 2.75. The van der Waals surface area contributed by atoms with Gasteiger partial charge < -0.3 is 9.95 Å². The van der Waals surface area contributed by atoms with Crippen LogP contribution in [-0.4, -0.2) is 11.7 Å². The summed E-state index contributed by atoms with van der Waals surface area (Å²) in [7, 11) is 0. The Morgan fingerprint density at radius 2 is 2.00 bits per heavy atom. The predicted octanol–water partition coefficient (Wildman–Crippen LogP) is 2.03. The lowest BCUT2D eigenvalue weighted by molar-refractivity contribution is 0.282. The lowest BCUT2D eigenvalue weighted by Gasteiger charge is -2.02. The van der Waals surface area contributed by atoms with E-state index in [1.54, 1.807) is 0 Å². The minimum Gasteiger partial charge on any atom is -0.396 e. The topological polar surface area (TPSA) is 24.6 Å². The third-order valence-corrected chi connectivity index (χ3v) is 1.74. The van der Waals surface area contributed by atoms with E-state index in [2.05, 4.69) is 4.85 Å². The fourth-order valence-corrected chi connectivity index (χ4v) is 1.10. The predicted molar refractivity (Wildman–Crippen MR) is 47.5 cm³/mol. The fraction of sp³-hybridized carbons (Fsp3) is 0.300. The number of hydrogen-bond acceptors (Lipinski definition) is 1. The molecule has 0 amide bonds. The molecule has 0 saturated carbocycles. The van der Waals surface area contributed by atoms with Gasteiger partial charge in [-0.05, 0) is 0 Å². The van der Waals surface area contributed by atoms with Crippen LogP contribution in [0.5, 0.6) is 0 Å². The Labute approximate surface area is 72.3 Å². The molecule has 12 heavy (non-hydrogen) atoms. The SMILES string of the molecule is [C-]#[N+]C(CCO)c1ccccc1. The zero-order valence-corrected chi connectivity index (χ0v) is 6.77. The van der Waals surface area contributed by atoms with Crippen molar-refractivity contribution in [2.45, 2.75) is 12.5 Å². The van der Waals surface area contributed by atoms with E-state index in [9.17, 15) is 0 Å². The molecule has 2 nitrogen and oxygen atoms in total. The van der Waals surface area contributed by atoms with Crippen molar-refractivity contribution in [2.24, 2.45) is 0 Å². The molecular formula is C10H11NO. The molecule has 1 N–H and O–H groups in total. The molecule has 0 aromatic heterocycles. The van der Waals surface area contributed by atoms with Crippen LogP contribution in [0.15, 0.2) is 30.3 Å². The molecular weight excluding hydrogens is 150 g/mol. The highest BCUT2D eigenvalue weighted by Crippen LogP contribution is 2.19. The molecule has 2 heteroatoms. The van der Waals surface area contributed by atoms with Crippen molar-refractivity contribution in [1.82, 2.24) is 0 Å². The maximum absolute atomic E-state index is 8.69. The van der Waals surface area contributed by atoms with Gasteiger partial charge in [0.1, 0.15) is 0 Å². The number of benzene rings is 1. The number of nitrogens with zero attached hydrogens (tertiary/aromatic N) is 1. The maximum Gasteiger partial charge on any atom is 0.250 e. The molecule has 1 unspecified atom stereocenters. The van der Waals surface area contributed by atoms with Gasteiger partial charge in [0.05, 0.1) is 13.0 Å². The summed E-state index contributed by atoms with van der Waals surface area (Å²) < 4.78 is 0. The van der Waals surface area contributed by atoms with Gasteiger partial charge in [-0.25, -0.2) is 6.57 Å². The molecule has 0 aliphatic rings. The molecule has 1 atom stereocenters. The second-order valence-corrected chi connectivity index (χ2v) is 2.57. The Kier molecular flexibility index (Phi) is 3.31. The van der Waals surface area contributed by atoms with Gasteiger partial charge in [-0.15, -0.1) is 0 Å². The van der Waals surface area contributed by atoms with E-state index in [0.29, 0.717) is 6.42 Å². The summed E-state index contributed by atoms with van der Waals surface area (Å²) >= 11 is 0. The first-order chi connectivity index (χ1) is 5.88. The van der Waals surface area contributed by atoms with Gasteiger partial charge >= 0.3 is 0 Å². The van der Waals surface area contributed by atoms with Crippen molar-refractivity contribution in [3.8, 4) is 0 Å². The van der Waals surface area contributed by atoms with Crippen LogP contribution in [0.25, 0.3) is 4.85 Å². The highest BCUT2D eigenvalue weighted by molar-refractivity contribution is 5.21. The third-order valence-electron chi connectivity index (χ3n) is 1.74. The number of aliphatic hydroxyl groups is 1. The molecule has 0 saturated heterocycles. The van der Waals surface area contributed by atoms with Crippen molar-refractivity contribution in [2.75, 3.05) is 6.61 Å². The van der Waals surface area contributed by atoms with Crippen LogP contribution in [0, 0.1) is 6.57 Å². The summed E-state index contributed by atoms with van der Waals surface area (Å²) in [6.07, 6.45) is 0.521. The van der Waals surface area contributed by atoms with E-state index >= 15 is 0 Å². The Hall–Kier alpha value is -1.33. The molecule has 0 spiro atoms. The van der Waals surface area contributed by atoms with Gasteiger partial charge in [-0.3, -0.25) is 0 Å². The quantitative estimate of drug-likeness (QED) is 0.674. The van der Waals surface area contributed by atoms with Crippen LogP contribution in [0.1, 0.15) is 18.0 Å². The molecule has 0 fully saturated rings. The molecule has 0 heterocycles. The van der Waals surface area contributed by atoms with Crippen LogP contribution in [0.4, 0.5) is 0 Å². The summed E-state index contributed by atoms with van der Waals surface area (Å²) in [5, 5.41) is 8.69. The first-order valence-electron chi connectivity index (χ1n) is 3.91. The Bertz CT molecular complexity index is 263. The third kappa shape index (κ3) is 2.08. The first-order valence-corrected chi connectivity index (χ1v) is 3.91. The van der Waals surface area contributed by atoms with Crippen LogP contribution in [-0.2, 0) is 0 Å². The van der Waals surface area contributed by atoms with E-state index < -0.39 is 0 Å². The fourth-order valence-electron chi connectivity index (χ4n) is 1.10. The number of hydrogen-bond donors (Lipinski definition) is 1. The zero-order chi connectivity index (χ0) is 8.81. The van der Waals surface area contributed by atoms with Crippen LogP contribution < -0.4 is 0 Å². The first kappa shape index (κ1) is 8.76. The molecule has 1 aromatic rings. The molecule has 1 aromatic carbocycles. The van der Waals surface area contributed by atoms with Crippen molar-refractivity contribution in [3.63, 3.8) is 0 Å². The van der Waals surface area contributed by atoms with Gasteiger partial charge in [-0.2, -0.15) is 0 Å². The van der Waals surface area contributed by atoms with E-state index in [-0.39, 0.29) is 12.6 Å². The van der Waals surface area contributed by atoms with Crippen LogP contribution in [0.2, 0.25) is 0 Å². The molecule has 0 aliphatic heterocycles. The summed E-state index contributed by atoms with van der Waals surface area (Å²) in [5.74, 6) is 0. The van der Waals surface area contributed by atoms with Gasteiger partial charge in [0, 0.05) is 5.56 Å². The lowest BCUT2D eigenvalue weighted by atomic mass is 10.1. The minimum absolute atomic E-state index is 0.0714. The molecule has 62 valence electrons. The van der Waals surface area contributed by atoms with Crippen LogP contribution in [0.3, 0.4) is 0 Å². The second-order valence-electron chi connectivity index (χ2n) is 2.57. The van der Waals surface area contributed by atoms with Gasteiger partial charge in [0.25, 0.3) is 6.04 Å². The van der Waals surface area contributed by atoms with E-state index in [4.69, 9.17) is 11.7 Å². The molecule has 0 radical (unpaired) electrons. The minimum atomic E-state index is -0.184. The maximum atomic E-state index is 8.69. The summed E-state index contributed by atoms with van der Waals surface area (Å²) in [5.41, 5.74) is 0.988. The monoisotopic (exact) mass is 161 g/mol. The van der Waals surface area contributed by atoms with Crippen molar-refractivity contribution >= 4 is 0 Å². The zero-order valence-electron chi connectivity index (χ0n) is 6.77. The summed E-state index contributed by atoms with van der Waals surface area (Å²) in [6, 6.07) is 9.38. The standard InChI is InChI=1S/C10H11NO/c1-11-10(7-8-12)9-5-3-2-4-6-9/h2-6,10,12H,7-8H2. The largest absolute Gasteiger partial charge is 0.396 e. The van der Waals surface area contributed by atoms with E-state index in [0.717, 1.165) is 5.56 Å². The highest BCUT2D eigenvalue weighted by Gasteiger charge is 2.13. The normalized spacial score (nSPS) is 12.0. The number of rotatable bonds is 3. The number of aliphatic hydroxyl groups excluding tert-OH is 1. The molecule has 0 aliphatic carbocycles. The van der Waals surface area contributed by atoms with Gasteiger partial charge in [0.2, 0.25) is 0 Å². The smallest absolute Gasteiger partial charge is 0.250 e. The van der Waals surface area contributed by atoms with Crippen molar-refractivity contribution in [3.05, 3.63) is 47.3 Å².